The molecule has 1 atom stereocenters. The molecule has 0 saturated heterocycles. The summed E-state index contributed by atoms with van der Waals surface area (Å²) in [6.07, 6.45) is -0.579. The standard InChI is InChI=1S/C16H17N3O2S2/c1-11-4-2-5-13(8-11)21-9-12(20)10-23-16-17-15(18-19-16)14-6-3-7-22-14/h2-8,12,20H,9-10H2,1H3,(H,17,18,19). The Labute approximate surface area is 142 Å². The van der Waals surface area contributed by atoms with E-state index in [-0.39, 0.29) is 6.61 Å². The Bertz CT molecular complexity index is 743. The van der Waals surface area contributed by atoms with Crippen LogP contribution in [0, 0.1) is 6.92 Å². The van der Waals surface area contributed by atoms with Crippen LogP contribution >= 0.6 is 23.1 Å². The fourth-order valence-electron chi connectivity index (χ4n) is 1.95. The summed E-state index contributed by atoms with van der Waals surface area (Å²) < 4.78 is 5.59. The van der Waals surface area contributed by atoms with Crippen molar-refractivity contribution >= 4 is 23.1 Å². The van der Waals surface area contributed by atoms with Gasteiger partial charge in [0.2, 0.25) is 5.16 Å². The highest BCUT2D eigenvalue weighted by Crippen LogP contribution is 2.23. The van der Waals surface area contributed by atoms with Crippen molar-refractivity contribution in [1.29, 1.82) is 0 Å². The van der Waals surface area contributed by atoms with E-state index in [1.54, 1.807) is 11.3 Å². The zero-order valence-electron chi connectivity index (χ0n) is 12.6. The number of nitrogens with zero attached hydrogens (tertiary/aromatic N) is 2. The highest BCUT2D eigenvalue weighted by Gasteiger charge is 2.11. The molecule has 3 aromatic rings. The topological polar surface area (TPSA) is 71.0 Å². The molecule has 0 bridgehead atoms. The summed E-state index contributed by atoms with van der Waals surface area (Å²) >= 11 is 3.01. The number of aliphatic hydroxyl groups excluding tert-OH is 1. The van der Waals surface area contributed by atoms with Crippen molar-refractivity contribution < 1.29 is 9.84 Å². The zero-order chi connectivity index (χ0) is 16.1. The molecule has 0 radical (unpaired) electrons. The third kappa shape index (κ3) is 4.57. The number of aliphatic hydroxyl groups is 1. The highest BCUT2D eigenvalue weighted by atomic mass is 32.2. The molecule has 0 aliphatic carbocycles. The Morgan fingerprint density at radius 3 is 3.04 bits per heavy atom. The first kappa shape index (κ1) is 16.0. The minimum absolute atomic E-state index is 0.249. The van der Waals surface area contributed by atoms with Crippen LogP contribution in [0.3, 0.4) is 0 Å². The fraction of sp³-hybridized carbons (Fsp3) is 0.250. The molecule has 5 nitrogen and oxygen atoms in total. The van der Waals surface area contributed by atoms with Gasteiger partial charge in [0.1, 0.15) is 12.4 Å². The lowest BCUT2D eigenvalue weighted by Gasteiger charge is -2.11. The summed E-state index contributed by atoms with van der Waals surface area (Å²) in [6, 6.07) is 11.7. The van der Waals surface area contributed by atoms with E-state index in [4.69, 9.17) is 4.74 Å². The molecule has 0 spiro atoms. The highest BCUT2D eigenvalue weighted by molar-refractivity contribution is 7.99. The largest absolute Gasteiger partial charge is 0.491 e. The second-order valence-electron chi connectivity index (χ2n) is 5.04. The molecule has 3 rings (SSSR count). The summed E-state index contributed by atoms with van der Waals surface area (Å²) in [6.45, 7) is 2.26. The predicted octanol–water partition coefficient (Wildman–Crippen LogP) is 3.37. The minimum Gasteiger partial charge on any atom is -0.491 e. The Hall–Kier alpha value is -1.83. The quantitative estimate of drug-likeness (QED) is 0.641. The first-order valence-corrected chi connectivity index (χ1v) is 9.04. The van der Waals surface area contributed by atoms with E-state index in [9.17, 15) is 5.11 Å². The van der Waals surface area contributed by atoms with Gasteiger partial charge in [0, 0.05) is 5.75 Å². The average Bonchev–Trinajstić information content (AvgIpc) is 3.22. The average molecular weight is 347 g/mol. The predicted molar refractivity (Wildman–Crippen MR) is 93.1 cm³/mol. The van der Waals surface area contributed by atoms with E-state index in [1.807, 2.05) is 48.7 Å². The van der Waals surface area contributed by atoms with Crippen LogP contribution in [-0.4, -0.2) is 38.8 Å². The lowest BCUT2D eigenvalue weighted by Crippen LogP contribution is -2.20. The van der Waals surface area contributed by atoms with E-state index < -0.39 is 6.10 Å². The molecule has 1 aromatic carbocycles. The number of aromatic amines is 1. The first-order valence-electron chi connectivity index (χ1n) is 7.17. The van der Waals surface area contributed by atoms with Gasteiger partial charge in [-0.3, -0.25) is 5.10 Å². The zero-order valence-corrected chi connectivity index (χ0v) is 14.2. The van der Waals surface area contributed by atoms with Gasteiger partial charge in [0.15, 0.2) is 5.82 Å². The number of aryl methyl sites for hydroxylation is 1. The molecule has 1 unspecified atom stereocenters. The third-order valence-corrected chi connectivity index (χ3v) is 4.93. The molecule has 23 heavy (non-hydrogen) atoms. The van der Waals surface area contributed by atoms with Crippen molar-refractivity contribution in [1.82, 2.24) is 15.2 Å². The van der Waals surface area contributed by atoms with E-state index >= 15 is 0 Å². The minimum atomic E-state index is -0.579. The molecule has 0 saturated carbocycles. The molecule has 0 aliphatic heterocycles. The summed E-state index contributed by atoms with van der Waals surface area (Å²) in [5.41, 5.74) is 1.13. The van der Waals surface area contributed by atoms with Crippen LogP contribution in [-0.2, 0) is 0 Å². The number of rotatable bonds is 7. The number of aromatic nitrogens is 3. The van der Waals surface area contributed by atoms with Crippen LogP contribution in [0.1, 0.15) is 5.56 Å². The fourth-order valence-corrected chi connectivity index (χ4v) is 3.32. The van der Waals surface area contributed by atoms with Crippen LogP contribution in [0.15, 0.2) is 46.9 Å². The first-order chi connectivity index (χ1) is 11.2. The smallest absolute Gasteiger partial charge is 0.208 e. The van der Waals surface area contributed by atoms with E-state index in [0.717, 1.165) is 22.0 Å². The Morgan fingerprint density at radius 2 is 2.26 bits per heavy atom. The summed E-state index contributed by atoms with van der Waals surface area (Å²) in [4.78, 5) is 5.46. The van der Waals surface area contributed by atoms with Gasteiger partial charge >= 0.3 is 0 Å². The maximum absolute atomic E-state index is 10.0. The Morgan fingerprint density at radius 1 is 1.35 bits per heavy atom. The summed E-state index contributed by atoms with van der Waals surface area (Å²) in [7, 11) is 0. The van der Waals surface area contributed by atoms with Crippen molar-refractivity contribution in [3.05, 3.63) is 47.3 Å². The SMILES string of the molecule is Cc1cccc(OCC(O)CSc2n[nH]c(-c3cccs3)n2)c1. The van der Waals surface area contributed by atoms with Gasteiger partial charge in [-0.1, -0.05) is 30.0 Å². The van der Waals surface area contributed by atoms with E-state index in [1.165, 1.54) is 11.8 Å². The Balaban J connectivity index is 1.46. The van der Waals surface area contributed by atoms with Crippen LogP contribution in [0.2, 0.25) is 0 Å². The monoisotopic (exact) mass is 347 g/mol. The van der Waals surface area contributed by atoms with Gasteiger partial charge in [-0.25, -0.2) is 4.98 Å². The third-order valence-electron chi connectivity index (χ3n) is 3.06. The van der Waals surface area contributed by atoms with E-state index in [0.29, 0.717) is 10.9 Å². The van der Waals surface area contributed by atoms with Crippen LogP contribution in [0.5, 0.6) is 5.75 Å². The molecular weight excluding hydrogens is 330 g/mol. The lowest BCUT2D eigenvalue weighted by molar-refractivity contribution is 0.126. The van der Waals surface area contributed by atoms with Crippen molar-refractivity contribution in [2.24, 2.45) is 0 Å². The molecule has 120 valence electrons. The molecule has 0 fully saturated rings. The second kappa shape index (κ2) is 7.63. The van der Waals surface area contributed by atoms with Gasteiger partial charge in [0.05, 0.1) is 11.0 Å². The van der Waals surface area contributed by atoms with Crippen LogP contribution in [0.25, 0.3) is 10.7 Å². The number of hydrogen-bond acceptors (Lipinski definition) is 6. The van der Waals surface area contributed by atoms with Crippen molar-refractivity contribution in [3.63, 3.8) is 0 Å². The lowest BCUT2D eigenvalue weighted by atomic mass is 10.2. The molecule has 2 heterocycles. The van der Waals surface area contributed by atoms with Gasteiger partial charge in [-0.15, -0.1) is 16.4 Å². The van der Waals surface area contributed by atoms with Crippen molar-refractivity contribution in [2.75, 3.05) is 12.4 Å². The van der Waals surface area contributed by atoms with Crippen molar-refractivity contribution in [2.45, 2.75) is 18.2 Å². The van der Waals surface area contributed by atoms with Gasteiger partial charge in [-0.05, 0) is 36.1 Å². The van der Waals surface area contributed by atoms with Crippen molar-refractivity contribution in [3.8, 4) is 16.5 Å². The number of nitrogens with one attached hydrogen (secondary N) is 1. The second-order valence-corrected chi connectivity index (χ2v) is 6.97. The van der Waals surface area contributed by atoms with Crippen LogP contribution in [0.4, 0.5) is 0 Å². The normalized spacial score (nSPS) is 12.3. The molecule has 0 aliphatic rings. The Kier molecular flexibility index (Phi) is 5.32. The molecular formula is C16H17N3O2S2. The number of hydrogen-bond donors (Lipinski definition) is 2. The van der Waals surface area contributed by atoms with E-state index in [2.05, 4.69) is 15.2 Å². The number of benzene rings is 1. The number of H-pyrrole nitrogens is 1. The molecule has 0 amide bonds. The van der Waals surface area contributed by atoms with Gasteiger partial charge < -0.3 is 9.84 Å². The molecule has 7 heteroatoms. The maximum atomic E-state index is 10.0. The summed E-state index contributed by atoms with van der Waals surface area (Å²) in [5.74, 6) is 2.01. The molecule has 2 aromatic heterocycles. The van der Waals surface area contributed by atoms with Gasteiger partial charge in [-0.2, -0.15) is 0 Å². The number of thioether (sulfide) groups is 1. The maximum Gasteiger partial charge on any atom is 0.208 e. The summed E-state index contributed by atoms with van der Waals surface area (Å²) in [5, 5.41) is 19.7. The molecule has 2 N–H and O–H groups in total. The number of thiophene rings is 1. The van der Waals surface area contributed by atoms with Gasteiger partial charge in [0.25, 0.3) is 0 Å². The number of ether oxygens (including phenoxy) is 1. The van der Waals surface area contributed by atoms with Crippen LogP contribution < -0.4 is 4.74 Å².